The van der Waals surface area contributed by atoms with Gasteiger partial charge in [-0.15, -0.1) is 0 Å². The van der Waals surface area contributed by atoms with Crippen molar-refractivity contribution >= 4 is 17.6 Å². The number of rotatable bonds is 3. The Morgan fingerprint density at radius 2 is 1.96 bits per heavy atom. The van der Waals surface area contributed by atoms with Crippen molar-refractivity contribution in [2.75, 3.05) is 26.7 Å². The third-order valence-corrected chi connectivity index (χ3v) is 5.62. The molecule has 0 amide bonds. The van der Waals surface area contributed by atoms with E-state index in [2.05, 4.69) is 40.8 Å². The summed E-state index contributed by atoms with van der Waals surface area (Å²) in [5.41, 5.74) is 6.40. The number of aromatic nitrogens is 2. The van der Waals surface area contributed by atoms with Gasteiger partial charge in [0.2, 0.25) is 0 Å². The van der Waals surface area contributed by atoms with Crippen molar-refractivity contribution in [3.63, 3.8) is 0 Å². The number of fused-ring (bicyclic) bond motifs is 2. The van der Waals surface area contributed by atoms with Crippen molar-refractivity contribution in [1.29, 1.82) is 0 Å². The summed E-state index contributed by atoms with van der Waals surface area (Å²) in [5, 5.41) is 0. The predicted octanol–water partition coefficient (Wildman–Crippen LogP) is 3.54. The number of benzene rings is 1. The van der Waals surface area contributed by atoms with Crippen LogP contribution in [0, 0.1) is 0 Å². The van der Waals surface area contributed by atoms with Crippen LogP contribution in [0.1, 0.15) is 42.4 Å². The van der Waals surface area contributed by atoms with Gasteiger partial charge in [0.25, 0.3) is 0 Å². The SMILES string of the molecule is CCOC(=O)/C=C/c1cnc2n1CCc1ccccc1C2=C1CCN(C)CC1. The highest BCUT2D eigenvalue weighted by molar-refractivity contribution is 5.87. The highest BCUT2D eigenvalue weighted by atomic mass is 16.5. The molecule has 0 atom stereocenters. The fourth-order valence-corrected chi connectivity index (χ4v) is 4.12. The van der Waals surface area contributed by atoms with Gasteiger partial charge >= 0.3 is 5.97 Å². The standard InChI is InChI=1S/C23H27N3O2/c1-3-28-21(27)9-8-19-16-24-23-22(18-10-13-25(2)14-11-18)20-7-5-4-6-17(20)12-15-26(19)23/h4-9,16H,3,10-15H2,1-2H3/b9-8+. The second kappa shape index (κ2) is 8.15. The van der Waals surface area contributed by atoms with E-state index < -0.39 is 0 Å². The molecule has 0 saturated carbocycles. The lowest BCUT2D eigenvalue weighted by Gasteiger charge is -2.26. The van der Waals surface area contributed by atoms with Gasteiger partial charge < -0.3 is 14.2 Å². The molecular formula is C23H27N3O2. The minimum atomic E-state index is -0.316. The normalized spacial score (nSPS) is 17.4. The zero-order valence-corrected chi connectivity index (χ0v) is 16.6. The Balaban J connectivity index is 1.79. The van der Waals surface area contributed by atoms with Gasteiger partial charge in [-0.25, -0.2) is 9.78 Å². The number of hydrogen-bond acceptors (Lipinski definition) is 4. The molecule has 0 bridgehead atoms. The third kappa shape index (κ3) is 3.67. The maximum Gasteiger partial charge on any atom is 0.330 e. The number of piperidine rings is 1. The molecule has 5 heteroatoms. The van der Waals surface area contributed by atoms with Crippen molar-refractivity contribution in [2.24, 2.45) is 0 Å². The lowest BCUT2D eigenvalue weighted by atomic mass is 9.90. The topological polar surface area (TPSA) is 47.4 Å². The summed E-state index contributed by atoms with van der Waals surface area (Å²) >= 11 is 0. The van der Waals surface area contributed by atoms with E-state index in [1.165, 1.54) is 28.3 Å². The van der Waals surface area contributed by atoms with Gasteiger partial charge in [0.05, 0.1) is 18.5 Å². The summed E-state index contributed by atoms with van der Waals surface area (Å²) in [5.74, 6) is 0.705. The smallest absolute Gasteiger partial charge is 0.330 e. The molecule has 28 heavy (non-hydrogen) atoms. The number of hydrogen-bond donors (Lipinski definition) is 0. The zero-order chi connectivity index (χ0) is 19.5. The Morgan fingerprint density at radius 3 is 2.75 bits per heavy atom. The molecule has 0 N–H and O–H groups in total. The van der Waals surface area contributed by atoms with E-state index in [1.807, 2.05) is 19.2 Å². The summed E-state index contributed by atoms with van der Waals surface area (Å²) in [6.07, 6.45) is 8.28. The van der Waals surface area contributed by atoms with Crippen LogP contribution in [-0.4, -0.2) is 47.2 Å². The molecule has 4 rings (SSSR count). The van der Waals surface area contributed by atoms with Crippen molar-refractivity contribution in [3.05, 3.63) is 64.8 Å². The molecule has 1 saturated heterocycles. The van der Waals surface area contributed by atoms with E-state index in [0.717, 1.165) is 50.4 Å². The van der Waals surface area contributed by atoms with E-state index >= 15 is 0 Å². The maximum atomic E-state index is 11.7. The molecule has 3 heterocycles. The van der Waals surface area contributed by atoms with Crippen molar-refractivity contribution in [2.45, 2.75) is 32.7 Å². The van der Waals surface area contributed by atoms with E-state index in [9.17, 15) is 4.79 Å². The quantitative estimate of drug-likeness (QED) is 0.606. The summed E-state index contributed by atoms with van der Waals surface area (Å²) in [6, 6.07) is 8.69. The minimum absolute atomic E-state index is 0.316. The lowest BCUT2D eigenvalue weighted by Crippen LogP contribution is -2.27. The van der Waals surface area contributed by atoms with Crippen LogP contribution in [0.25, 0.3) is 11.6 Å². The van der Waals surface area contributed by atoms with Gasteiger partial charge in [-0.1, -0.05) is 29.8 Å². The second-order valence-corrected chi connectivity index (χ2v) is 7.43. The summed E-state index contributed by atoms with van der Waals surface area (Å²) < 4.78 is 7.26. The Kier molecular flexibility index (Phi) is 5.44. The van der Waals surface area contributed by atoms with Gasteiger partial charge in [0, 0.05) is 31.3 Å². The summed E-state index contributed by atoms with van der Waals surface area (Å²) in [4.78, 5) is 18.9. The third-order valence-electron chi connectivity index (χ3n) is 5.62. The molecule has 2 aliphatic rings. The minimum Gasteiger partial charge on any atom is -0.463 e. The first-order valence-electron chi connectivity index (χ1n) is 10.1. The van der Waals surface area contributed by atoms with Crippen LogP contribution < -0.4 is 0 Å². The largest absolute Gasteiger partial charge is 0.463 e. The molecular weight excluding hydrogens is 350 g/mol. The number of aryl methyl sites for hydroxylation is 1. The molecule has 2 aliphatic heterocycles. The highest BCUT2D eigenvalue weighted by Crippen LogP contribution is 2.36. The number of imidazole rings is 1. The van der Waals surface area contributed by atoms with Crippen molar-refractivity contribution < 1.29 is 9.53 Å². The van der Waals surface area contributed by atoms with Gasteiger partial charge in [-0.2, -0.15) is 0 Å². The maximum absolute atomic E-state index is 11.7. The first-order valence-corrected chi connectivity index (χ1v) is 10.1. The number of esters is 1. The van der Waals surface area contributed by atoms with Crippen LogP contribution in [0.4, 0.5) is 0 Å². The summed E-state index contributed by atoms with van der Waals surface area (Å²) in [7, 11) is 2.18. The molecule has 146 valence electrons. The molecule has 2 aromatic rings. The lowest BCUT2D eigenvalue weighted by molar-refractivity contribution is -0.137. The number of ether oxygens (including phenoxy) is 1. The van der Waals surface area contributed by atoms with Gasteiger partial charge in [0.1, 0.15) is 5.82 Å². The van der Waals surface area contributed by atoms with Gasteiger partial charge in [0.15, 0.2) is 0 Å². The van der Waals surface area contributed by atoms with Crippen molar-refractivity contribution in [3.8, 4) is 0 Å². The molecule has 0 spiro atoms. The van der Waals surface area contributed by atoms with Crippen LogP contribution in [0.3, 0.4) is 0 Å². The van der Waals surface area contributed by atoms with Gasteiger partial charge in [-0.3, -0.25) is 0 Å². The number of carbonyl (C=O) groups is 1. The predicted molar refractivity (Wildman–Crippen MR) is 111 cm³/mol. The number of nitrogens with zero attached hydrogens (tertiary/aromatic N) is 3. The molecule has 0 unspecified atom stereocenters. The van der Waals surface area contributed by atoms with Crippen LogP contribution in [0.2, 0.25) is 0 Å². The first-order chi connectivity index (χ1) is 13.7. The Labute approximate surface area is 166 Å². The molecule has 0 radical (unpaired) electrons. The average Bonchev–Trinajstić information content (AvgIpc) is 3.02. The summed E-state index contributed by atoms with van der Waals surface area (Å²) in [6.45, 7) is 5.21. The van der Waals surface area contributed by atoms with Crippen LogP contribution >= 0.6 is 0 Å². The van der Waals surface area contributed by atoms with Crippen molar-refractivity contribution in [1.82, 2.24) is 14.5 Å². The molecule has 0 aliphatic carbocycles. The van der Waals surface area contributed by atoms with E-state index in [0.29, 0.717) is 6.61 Å². The zero-order valence-electron chi connectivity index (χ0n) is 16.6. The molecule has 1 aromatic carbocycles. The molecule has 1 fully saturated rings. The number of carbonyl (C=O) groups excluding carboxylic acids is 1. The Bertz CT molecular complexity index is 929. The fraction of sp³-hybridized carbons (Fsp3) is 0.391. The van der Waals surface area contributed by atoms with E-state index in [-0.39, 0.29) is 5.97 Å². The first kappa shape index (κ1) is 18.7. The van der Waals surface area contributed by atoms with Gasteiger partial charge in [-0.05, 0) is 50.4 Å². The monoisotopic (exact) mass is 377 g/mol. The molecule has 5 nitrogen and oxygen atoms in total. The Hall–Kier alpha value is -2.66. The molecule has 1 aromatic heterocycles. The van der Waals surface area contributed by atoms with E-state index in [4.69, 9.17) is 9.72 Å². The van der Waals surface area contributed by atoms with Crippen LogP contribution in [0.5, 0.6) is 0 Å². The van der Waals surface area contributed by atoms with Crippen LogP contribution in [-0.2, 0) is 22.5 Å². The average molecular weight is 377 g/mol. The highest BCUT2D eigenvalue weighted by Gasteiger charge is 2.25. The number of likely N-dealkylation sites (tertiary alicyclic amines) is 1. The van der Waals surface area contributed by atoms with Crippen LogP contribution in [0.15, 0.2) is 42.1 Å². The van der Waals surface area contributed by atoms with E-state index in [1.54, 1.807) is 0 Å². The fourth-order valence-electron chi connectivity index (χ4n) is 4.12. The second-order valence-electron chi connectivity index (χ2n) is 7.43. The Morgan fingerprint density at radius 1 is 1.18 bits per heavy atom.